The molecule has 0 nitrogen and oxygen atoms in total. The molecule has 0 aliphatic heterocycles. The van der Waals surface area contributed by atoms with Crippen molar-refractivity contribution in [3.05, 3.63) is 12.7 Å². The van der Waals surface area contributed by atoms with E-state index in [-0.39, 0.29) is 0 Å². The number of allylic oxidation sites excluding steroid dienone is 1. The molecule has 0 spiro atoms. The summed E-state index contributed by atoms with van der Waals surface area (Å²) in [6.07, 6.45) is 3.09. The maximum Gasteiger partial charge on any atom is 0.105 e. The minimum atomic E-state index is 0.780. The Morgan fingerprint density at radius 2 is 2.50 bits per heavy atom. The Labute approximate surface area is 40.7 Å². The zero-order valence-electron chi connectivity index (χ0n) is 4.57. The van der Waals surface area contributed by atoms with Crippen molar-refractivity contribution < 1.29 is 0 Å². The molecule has 1 atom stereocenters. The second kappa shape index (κ2) is 3.01. The highest BCUT2D eigenvalue weighted by atomic mass is 13.8. The van der Waals surface area contributed by atoms with E-state index in [1.807, 2.05) is 6.08 Å². The first-order chi connectivity index (χ1) is 2.77. The lowest BCUT2D eigenvalue weighted by atomic mass is 9.87. The molecular formula is C5H11B. The summed E-state index contributed by atoms with van der Waals surface area (Å²) in [6, 6.07) is 0. The first-order valence-electron chi connectivity index (χ1n) is 2.38. The van der Waals surface area contributed by atoms with E-state index in [2.05, 4.69) is 21.3 Å². The van der Waals surface area contributed by atoms with Crippen LogP contribution in [-0.4, -0.2) is 7.85 Å². The molecule has 0 N–H and O–H groups in total. The van der Waals surface area contributed by atoms with Crippen LogP contribution in [-0.2, 0) is 0 Å². The van der Waals surface area contributed by atoms with Crippen LogP contribution in [0.15, 0.2) is 12.7 Å². The summed E-state index contributed by atoms with van der Waals surface area (Å²) in [7, 11) is 2.18. The molecule has 0 aromatic carbocycles. The monoisotopic (exact) mass is 82.1 g/mol. The number of rotatable bonds is 2. The van der Waals surface area contributed by atoms with Gasteiger partial charge in [0.1, 0.15) is 7.85 Å². The zero-order chi connectivity index (χ0) is 4.99. The van der Waals surface area contributed by atoms with Crippen LogP contribution in [0.2, 0.25) is 5.82 Å². The van der Waals surface area contributed by atoms with Gasteiger partial charge in [-0.25, -0.2) is 0 Å². The predicted octanol–water partition coefficient (Wildman–Crippen LogP) is 1.00. The fourth-order valence-electron chi connectivity index (χ4n) is 0.333. The third-order valence-electron chi connectivity index (χ3n) is 0.638. The van der Waals surface area contributed by atoms with Crippen LogP contribution >= 0.6 is 0 Å². The van der Waals surface area contributed by atoms with Gasteiger partial charge in [0.2, 0.25) is 0 Å². The molecule has 0 unspecified atom stereocenters. The van der Waals surface area contributed by atoms with Gasteiger partial charge in [0, 0.05) is 0 Å². The number of hydrogen-bond acceptors (Lipinski definition) is 0. The van der Waals surface area contributed by atoms with Crippen molar-refractivity contribution >= 4 is 7.85 Å². The van der Waals surface area contributed by atoms with Gasteiger partial charge < -0.3 is 0 Å². The van der Waals surface area contributed by atoms with E-state index in [1.54, 1.807) is 0 Å². The predicted molar refractivity (Wildman–Crippen MR) is 32.8 cm³/mol. The Morgan fingerprint density at radius 3 is 2.50 bits per heavy atom. The topological polar surface area (TPSA) is 0 Å². The zero-order valence-corrected chi connectivity index (χ0v) is 4.57. The van der Waals surface area contributed by atoms with E-state index >= 15 is 0 Å². The van der Waals surface area contributed by atoms with Crippen molar-refractivity contribution in [2.75, 3.05) is 0 Å². The fraction of sp³-hybridized carbons (Fsp3) is 0.600. The smallest absolute Gasteiger partial charge is 0.103 e. The lowest BCUT2D eigenvalue weighted by Crippen LogP contribution is -1.78. The van der Waals surface area contributed by atoms with E-state index in [1.165, 1.54) is 0 Å². The van der Waals surface area contributed by atoms with Crippen molar-refractivity contribution in [3.8, 4) is 0 Å². The average Bonchev–Trinajstić information content (AvgIpc) is 1.35. The van der Waals surface area contributed by atoms with E-state index in [4.69, 9.17) is 0 Å². The summed E-state index contributed by atoms with van der Waals surface area (Å²) in [5, 5.41) is 0. The molecule has 0 bridgehead atoms. The van der Waals surface area contributed by atoms with Crippen molar-refractivity contribution in [2.24, 2.45) is 0 Å². The van der Waals surface area contributed by atoms with Crippen LogP contribution in [0.25, 0.3) is 0 Å². The molecule has 0 saturated carbocycles. The summed E-state index contributed by atoms with van der Waals surface area (Å²) in [6.45, 7) is 5.78. The minimum Gasteiger partial charge on any atom is -0.103 e. The Balaban J connectivity index is 2.81. The standard InChI is InChI=1S/C5H11B/c1-3-4-5(2)6/h3,5H,1,4,6H2,2H3/t5-/m1/s1. The van der Waals surface area contributed by atoms with Crippen LogP contribution in [0, 0.1) is 0 Å². The van der Waals surface area contributed by atoms with Crippen molar-refractivity contribution in [3.63, 3.8) is 0 Å². The Bertz CT molecular complexity index is 39.2. The summed E-state index contributed by atoms with van der Waals surface area (Å²) < 4.78 is 0. The maximum absolute atomic E-state index is 3.60. The molecule has 0 radical (unpaired) electrons. The van der Waals surface area contributed by atoms with Crippen LogP contribution in [0.5, 0.6) is 0 Å². The first-order valence-corrected chi connectivity index (χ1v) is 2.38. The summed E-state index contributed by atoms with van der Waals surface area (Å²) >= 11 is 0. The molecule has 0 fully saturated rings. The molecule has 0 heterocycles. The van der Waals surface area contributed by atoms with Gasteiger partial charge in [-0.05, 0) is 6.42 Å². The molecule has 0 aliphatic carbocycles. The van der Waals surface area contributed by atoms with E-state index in [9.17, 15) is 0 Å². The molecular weight excluding hydrogens is 70.9 g/mol. The summed E-state index contributed by atoms with van der Waals surface area (Å²) in [5.41, 5.74) is 0. The van der Waals surface area contributed by atoms with Crippen molar-refractivity contribution in [1.29, 1.82) is 0 Å². The molecule has 0 aliphatic rings. The third kappa shape index (κ3) is 3.80. The van der Waals surface area contributed by atoms with Crippen LogP contribution < -0.4 is 0 Å². The van der Waals surface area contributed by atoms with Gasteiger partial charge >= 0.3 is 0 Å². The summed E-state index contributed by atoms with van der Waals surface area (Å²) in [4.78, 5) is 0. The van der Waals surface area contributed by atoms with Crippen LogP contribution in [0.3, 0.4) is 0 Å². The Kier molecular flexibility index (Phi) is 2.92. The molecule has 0 aromatic rings. The largest absolute Gasteiger partial charge is 0.105 e. The first kappa shape index (κ1) is 5.80. The second-order valence-electron chi connectivity index (χ2n) is 1.92. The minimum absolute atomic E-state index is 0.780. The van der Waals surface area contributed by atoms with Gasteiger partial charge in [0.05, 0.1) is 0 Å². The Morgan fingerprint density at radius 1 is 2.00 bits per heavy atom. The molecule has 0 rings (SSSR count). The van der Waals surface area contributed by atoms with E-state index < -0.39 is 0 Å². The Hall–Kier alpha value is -0.195. The molecule has 34 valence electrons. The summed E-state index contributed by atoms with van der Waals surface area (Å²) in [5.74, 6) is 0.780. The number of hydrogen-bond donors (Lipinski definition) is 0. The fourth-order valence-corrected chi connectivity index (χ4v) is 0.333. The van der Waals surface area contributed by atoms with E-state index in [0.717, 1.165) is 12.2 Å². The highest BCUT2D eigenvalue weighted by Gasteiger charge is 1.83. The van der Waals surface area contributed by atoms with Gasteiger partial charge in [-0.1, -0.05) is 18.8 Å². The van der Waals surface area contributed by atoms with Crippen molar-refractivity contribution in [1.82, 2.24) is 0 Å². The van der Waals surface area contributed by atoms with Gasteiger partial charge in [0.15, 0.2) is 0 Å². The normalized spacial score (nSPS) is 13.5. The molecule has 0 saturated heterocycles. The molecule has 6 heavy (non-hydrogen) atoms. The second-order valence-corrected chi connectivity index (χ2v) is 1.92. The van der Waals surface area contributed by atoms with Gasteiger partial charge in [0.25, 0.3) is 0 Å². The molecule has 1 heteroatoms. The third-order valence-corrected chi connectivity index (χ3v) is 0.638. The van der Waals surface area contributed by atoms with Crippen LogP contribution in [0.4, 0.5) is 0 Å². The quantitative estimate of drug-likeness (QED) is 0.344. The molecule has 0 aromatic heterocycles. The van der Waals surface area contributed by atoms with Crippen molar-refractivity contribution in [2.45, 2.75) is 19.2 Å². The highest BCUT2D eigenvalue weighted by Crippen LogP contribution is 2.00. The molecule has 0 amide bonds. The van der Waals surface area contributed by atoms with Gasteiger partial charge in [-0.15, -0.1) is 6.58 Å². The lowest BCUT2D eigenvalue weighted by molar-refractivity contribution is 0.954. The van der Waals surface area contributed by atoms with E-state index in [0.29, 0.717) is 0 Å². The van der Waals surface area contributed by atoms with Gasteiger partial charge in [-0.3, -0.25) is 0 Å². The SMILES string of the molecule is B[C@H](C)CC=C. The highest BCUT2D eigenvalue weighted by molar-refractivity contribution is 6.11. The average molecular weight is 82.0 g/mol. The van der Waals surface area contributed by atoms with Gasteiger partial charge in [-0.2, -0.15) is 0 Å². The lowest BCUT2D eigenvalue weighted by Gasteiger charge is -1.92. The maximum atomic E-state index is 3.60. The van der Waals surface area contributed by atoms with Crippen LogP contribution in [0.1, 0.15) is 13.3 Å².